The van der Waals surface area contributed by atoms with E-state index >= 15 is 0 Å². The van der Waals surface area contributed by atoms with Crippen molar-refractivity contribution in [1.29, 1.82) is 0 Å². The second kappa shape index (κ2) is 9.59. The molecule has 11 heteroatoms. The maximum atomic E-state index is 15.0. The van der Waals surface area contributed by atoms with Gasteiger partial charge in [0, 0.05) is 38.4 Å². The quantitative estimate of drug-likeness (QED) is 0.608. The number of hydrogen-bond acceptors (Lipinski definition) is 8. The molecule has 0 unspecified atom stereocenters. The highest BCUT2D eigenvalue weighted by Gasteiger charge is 2.32. The highest BCUT2D eigenvalue weighted by Crippen LogP contribution is 2.30. The molecule has 0 bridgehead atoms. The van der Waals surface area contributed by atoms with Crippen LogP contribution < -0.4 is 25.8 Å². The lowest BCUT2D eigenvalue weighted by molar-refractivity contribution is -0.115. The zero-order chi connectivity index (χ0) is 24.5. The minimum Gasteiger partial charge on any atom is -0.443 e. The highest BCUT2D eigenvalue weighted by atomic mass is 32.2. The van der Waals surface area contributed by atoms with Crippen molar-refractivity contribution in [2.75, 3.05) is 54.0 Å². The SMILES string of the molecule is NC[C@H]1CN(c2ccc(N3CCN(c4ccc(C=C5SC(=O)NC5=O)cc4)CC3)c(F)c2)C(=O)O1. The summed E-state index contributed by atoms with van der Waals surface area (Å²) in [5.41, 5.74) is 8.40. The Kier molecular flexibility index (Phi) is 6.35. The van der Waals surface area contributed by atoms with Crippen LogP contribution in [0.3, 0.4) is 0 Å². The van der Waals surface area contributed by atoms with Gasteiger partial charge in [-0.3, -0.25) is 19.8 Å². The van der Waals surface area contributed by atoms with Crippen molar-refractivity contribution in [2.24, 2.45) is 5.73 Å². The fourth-order valence-corrected chi connectivity index (χ4v) is 5.02. The number of ether oxygens (including phenoxy) is 1. The summed E-state index contributed by atoms with van der Waals surface area (Å²) < 4.78 is 20.1. The van der Waals surface area contributed by atoms with Crippen LogP contribution in [0.4, 0.5) is 31.0 Å². The normalized spacial score (nSPS) is 21.7. The molecule has 3 aliphatic rings. The van der Waals surface area contributed by atoms with Crippen LogP contribution in [-0.4, -0.2) is 62.6 Å². The van der Waals surface area contributed by atoms with Crippen molar-refractivity contribution in [1.82, 2.24) is 5.32 Å². The maximum Gasteiger partial charge on any atom is 0.414 e. The standard InChI is InChI=1S/C24H24FN5O4S/c25-19-12-17(30-14-18(13-26)34-24(30)33)5-6-20(19)29-9-7-28(8-10-29)16-3-1-15(2-4-16)11-21-22(31)27-23(32)35-21/h1-6,11-12,18H,7-10,13-14,26H2,(H,27,31,32)/t18-/m0/s1. The van der Waals surface area contributed by atoms with E-state index in [1.807, 2.05) is 29.2 Å². The molecule has 1 atom stereocenters. The van der Waals surface area contributed by atoms with E-state index in [2.05, 4.69) is 10.2 Å². The van der Waals surface area contributed by atoms with Gasteiger partial charge in [0.15, 0.2) is 0 Å². The molecule has 0 saturated carbocycles. The molecule has 3 saturated heterocycles. The number of amides is 3. The van der Waals surface area contributed by atoms with E-state index in [1.54, 1.807) is 18.2 Å². The first-order valence-electron chi connectivity index (χ1n) is 11.2. The fraction of sp³-hybridized carbons (Fsp3) is 0.292. The van der Waals surface area contributed by atoms with Crippen LogP contribution in [0.1, 0.15) is 5.56 Å². The number of piperazine rings is 1. The van der Waals surface area contributed by atoms with E-state index in [1.165, 1.54) is 11.0 Å². The molecule has 5 rings (SSSR count). The molecule has 3 N–H and O–H groups in total. The van der Waals surface area contributed by atoms with E-state index in [0.29, 0.717) is 49.0 Å². The Hall–Kier alpha value is -3.57. The van der Waals surface area contributed by atoms with Crippen molar-refractivity contribution >= 4 is 52.1 Å². The maximum absolute atomic E-state index is 15.0. The van der Waals surface area contributed by atoms with Crippen molar-refractivity contribution in [3.8, 4) is 0 Å². The third-order valence-electron chi connectivity index (χ3n) is 6.20. The van der Waals surface area contributed by atoms with Crippen LogP contribution >= 0.6 is 11.8 Å². The smallest absolute Gasteiger partial charge is 0.414 e. The number of benzene rings is 2. The van der Waals surface area contributed by atoms with Gasteiger partial charge in [-0.15, -0.1) is 0 Å². The van der Waals surface area contributed by atoms with E-state index in [9.17, 15) is 18.8 Å². The Bertz CT molecular complexity index is 1200. The Morgan fingerprint density at radius 3 is 2.31 bits per heavy atom. The van der Waals surface area contributed by atoms with E-state index in [4.69, 9.17) is 10.5 Å². The summed E-state index contributed by atoms with van der Waals surface area (Å²) in [6.45, 7) is 3.25. The van der Waals surface area contributed by atoms with Gasteiger partial charge in [0.1, 0.15) is 11.9 Å². The summed E-state index contributed by atoms with van der Waals surface area (Å²) >= 11 is 0.894. The number of carbonyl (C=O) groups excluding carboxylic acids is 3. The number of anilines is 3. The first kappa shape index (κ1) is 23.2. The number of nitrogens with two attached hydrogens (primary N) is 1. The second-order valence-corrected chi connectivity index (χ2v) is 9.42. The largest absolute Gasteiger partial charge is 0.443 e. The van der Waals surface area contributed by atoms with Gasteiger partial charge in [-0.25, -0.2) is 9.18 Å². The van der Waals surface area contributed by atoms with Crippen molar-refractivity contribution < 1.29 is 23.5 Å². The van der Waals surface area contributed by atoms with Gasteiger partial charge in [0.05, 0.1) is 22.8 Å². The molecule has 3 heterocycles. The third kappa shape index (κ3) is 4.82. The van der Waals surface area contributed by atoms with Gasteiger partial charge in [0.2, 0.25) is 0 Å². The highest BCUT2D eigenvalue weighted by molar-refractivity contribution is 8.18. The van der Waals surface area contributed by atoms with Gasteiger partial charge in [-0.1, -0.05) is 12.1 Å². The van der Waals surface area contributed by atoms with Gasteiger partial charge < -0.3 is 20.3 Å². The van der Waals surface area contributed by atoms with Crippen molar-refractivity contribution in [2.45, 2.75) is 6.10 Å². The zero-order valence-electron chi connectivity index (χ0n) is 18.8. The predicted molar refractivity (Wildman–Crippen MR) is 133 cm³/mol. The fourth-order valence-electron chi connectivity index (χ4n) is 4.33. The summed E-state index contributed by atoms with van der Waals surface area (Å²) in [7, 11) is 0. The molecule has 0 spiro atoms. The number of rotatable bonds is 5. The molecule has 3 aliphatic heterocycles. The second-order valence-electron chi connectivity index (χ2n) is 8.41. The molecule has 0 aromatic heterocycles. The van der Waals surface area contributed by atoms with E-state index in [0.717, 1.165) is 23.0 Å². The van der Waals surface area contributed by atoms with Crippen LogP contribution in [0, 0.1) is 5.82 Å². The van der Waals surface area contributed by atoms with Gasteiger partial charge in [-0.2, -0.15) is 0 Å². The average molecular weight is 498 g/mol. The van der Waals surface area contributed by atoms with Gasteiger partial charge in [-0.05, 0) is 53.7 Å². The zero-order valence-corrected chi connectivity index (χ0v) is 19.6. The molecular weight excluding hydrogens is 473 g/mol. The number of carbonyl (C=O) groups is 3. The molecule has 182 valence electrons. The minimum absolute atomic E-state index is 0.227. The first-order valence-corrected chi connectivity index (χ1v) is 12.1. The predicted octanol–water partition coefficient (Wildman–Crippen LogP) is 2.76. The van der Waals surface area contributed by atoms with Crippen molar-refractivity contribution in [3.05, 3.63) is 58.8 Å². The lowest BCUT2D eigenvalue weighted by Gasteiger charge is -2.37. The van der Waals surface area contributed by atoms with Crippen LogP contribution in [0.15, 0.2) is 47.4 Å². The van der Waals surface area contributed by atoms with Gasteiger partial charge in [0.25, 0.3) is 11.1 Å². The molecule has 0 aliphatic carbocycles. The lowest BCUT2D eigenvalue weighted by atomic mass is 10.1. The Morgan fingerprint density at radius 2 is 1.71 bits per heavy atom. The van der Waals surface area contributed by atoms with E-state index < -0.39 is 6.09 Å². The minimum atomic E-state index is -0.512. The molecular formula is C24H24FN5O4S. The van der Waals surface area contributed by atoms with Gasteiger partial charge >= 0.3 is 6.09 Å². The monoisotopic (exact) mass is 497 g/mol. The summed E-state index contributed by atoms with van der Waals surface area (Å²) in [6.07, 6.45) is 0.799. The number of nitrogens with one attached hydrogen (secondary N) is 1. The Morgan fingerprint density at radius 1 is 1.03 bits per heavy atom. The topological polar surface area (TPSA) is 108 Å². The summed E-state index contributed by atoms with van der Waals surface area (Å²) in [6, 6.07) is 12.6. The molecule has 9 nitrogen and oxygen atoms in total. The molecule has 3 fully saturated rings. The molecule has 3 amide bonds. The summed E-state index contributed by atoms with van der Waals surface area (Å²) in [5, 5.41) is 1.88. The Labute approximate surface area is 205 Å². The molecule has 35 heavy (non-hydrogen) atoms. The molecule has 2 aromatic carbocycles. The Balaban J connectivity index is 1.20. The first-order chi connectivity index (χ1) is 16.9. The molecule has 2 aromatic rings. The number of thioether (sulfide) groups is 1. The number of cyclic esters (lactones) is 1. The number of hydrogen-bond donors (Lipinski definition) is 2. The average Bonchev–Trinajstić information content (AvgIpc) is 3.40. The number of nitrogens with zero attached hydrogens (tertiary/aromatic N) is 3. The third-order valence-corrected chi connectivity index (χ3v) is 7.01. The van der Waals surface area contributed by atoms with Crippen LogP contribution in [0.25, 0.3) is 6.08 Å². The summed E-state index contributed by atoms with van der Waals surface area (Å²) in [5.74, 6) is -0.759. The number of imide groups is 1. The van der Waals surface area contributed by atoms with Crippen LogP contribution in [0.5, 0.6) is 0 Å². The lowest BCUT2D eigenvalue weighted by Crippen LogP contribution is -2.46. The van der Waals surface area contributed by atoms with E-state index in [-0.39, 0.29) is 29.6 Å². The van der Waals surface area contributed by atoms with Crippen molar-refractivity contribution in [3.63, 3.8) is 0 Å². The molecule has 0 radical (unpaired) electrons. The summed E-state index contributed by atoms with van der Waals surface area (Å²) in [4.78, 5) is 41.0. The van der Waals surface area contributed by atoms with Crippen LogP contribution in [0.2, 0.25) is 0 Å². The van der Waals surface area contributed by atoms with Crippen LogP contribution in [-0.2, 0) is 9.53 Å². The number of halogens is 1.